The molecule has 0 fully saturated rings. The van der Waals surface area contributed by atoms with Crippen molar-refractivity contribution in [2.45, 2.75) is 12.5 Å². The van der Waals surface area contributed by atoms with Crippen molar-refractivity contribution in [3.63, 3.8) is 0 Å². The van der Waals surface area contributed by atoms with Gasteiger partial charge in [0.15, 0.2) is 5.76 Å². The summed E-state index contributed by atoms with van der Waals surface area (Å²) in [5.74, 6) is -1.81. The van der Waals surface area contributed by atoms with Gasteiger partial charge in [-0.1, -0.05) is 24.3 Å². The third kappa shape index (κ3) is 3.39. The number of Topliss-reactive ketones (excluding diaryl/α,β-unsaturated/α-hetero) is 2. The average molecular weight is 335 g/mol. The predicted molar refractivity (Wildman–Crippen MR) is 87.3 cm³/mol. The number of rotatable bonds is 6. The minimum Gasteiger partial charge on any atom is -0.505 e. The first kappa shape index (κ1) is 17.1. The van der Waals surface area contributed by atoms with Crippen LogP contribution in [0.2, 0.25) is 0 Å². The lowest BCUT2D eigenvalue weighted by molar-refractivity contribution is -0.142. The number of methoxy groups -OCH3 is 1. The molecule has 0 amide bonds. The van der Waals surface area contributed by atoms with Crippen molar-refractivity contribution >= 4 is 35.1 Å². The van der Waals surface area contributed by atoms with Crippen molar-refractivity contribution in [2.24, 2.45) is 0 Å². The molecule has 6 nitrogen and oxygen atoms in total. The number of ketones is 2. The first-order valence-electron chi connectivity index (χ1n) is 6.96. The number of ether oxygens (including phenoxy) is 1. The molecule has 1 aliphatic carbocycles. The second kappa shape index (κ2) is 7.32. The van der Waals surface area contributed by atoms with Crippen LogP contribution in [0.25, 0.3) is 5.76 Å². The van der Waals surface area contributed by atoms with Crippen LogP contribution >= 0.6 is 11.8 Å². The predicted octanol–water partition coefficient (Wildman–Crippen LogP) is 1.56. The number of allylic oxidation sites excluding steroid dienone is 1. The quantitative estimate of drug-likeness (QED) is 0.602. The Balaban J connectivity index is 2.38. The summed E-state index contributed by atoms with van der Waals surface area (Å²) in [5.41, 5.74) is 0.164. The molecule has 0 aromatic heterocycles. The Morgan fingerprint density at radius 2 is 1.91 bits per heavy atom. The van der Waals surface area contributed by atoms with Crippen LogP contribution in [0, 0.1) is 0 Å². The second-order valence-corrected chi connectivity index (χ2v) is 5.91. The van der Waals surface area contributed by atoms with Gasteiger partial charge in [0.05, 0.1) is 7.11 Å². The molecular weight excluding hydrogens is 318 g/mol. The Labute approximate surface area is 137 Å². The van der Waals surface area contributed by atoms with Gasteiger partial charge in [0.25, 0.3) is 5.78 Å². The zero-order chi connectivity index (χ0) is 17.0. The van der Waals surface area contributed by atoms with E-state index in [2.05, 4.69) is 5.32 Å². The zero-order valence-electron chi connectivity index (χ0n) is 12.8. The molecule has 23 heavy (non-hydrogen) atoms. The van der Waals surface area contributed by atoms with Gasteiger partial charge in [-0.2, -0.15) is 11.8 Å². The van der Waals surface area contributed by atoms with Gasteiger partial charge >= 0.3 is 5.97 Å². The molecule has 0 bridgehead atoms. The minimum atomic E-state index is -0.862. The molecule has 0 spiro atoms. The van der Waals surface area contributed by atoms with Crippen molar-refractivity contribution < 1.29 is 24.2 Å². The van der Waals surface area contributed by atoms with Gasteiger partial charge in [-0.15, -0.1) is 0 Å². The first-order valence-corrected chi connectivity index (χ1v) is 8.35. The van der Waals surface area contributed by atoms with E-state index in [1.807, 2.05) is 6.26 Å². The van der Waals surface area contributed by atoms with E-state index < -0.39 is 23.6 Å². The van der Waals surface area contributed by atoms with Crippen LogP contribution in [0.1, 0.15) is 22.3 Å². The normalized spacial score (nSPS) is 15.2. The number of thioether (sulfide) groups is 1. The van der Waals surface area contributed by atoms with Gasteiger partial charge in [-0.3, -0.25) is 9.59 Å². The van der Waals surface area contributed by atoms with Crippen LogP contribution in [0.3, 0.4) is 0 Å². The largest absolute Gasteiger partial charge is 0.505 e. The first-order chi connectivity index (χ1) is 11.0. The summed E-state index contributed by atoms with van der Waals surface area (Å²) >= 11 is 1.53. The number of aliphatic hydroxyl groups is 1. The average Bonchev–Trinajstić information content (AvgIpc) is 2.58. The Morgan fingerprint density at radius 3 is 2.52 bits per heavy atom. The Bertz CT molecular complexity index is 683. The second-order valence-electron chi connectivity index (χ2n) is 4.93. The molecule has 0 aliphatic heterocycles. The summed E-state index contributed by atoms with van der Waals surface area (Å²) in [6.07, 6.45) is 2.28. The summed E-state index contributed by atoms with van der Waals surface area (Å²) in [5, 5.41) is 13.0. The van der Waals surface area contributed by atoms with Gasteiger partial charge in [0.1, 0.15) is 11.7 Å². The Hall–Kier alpha value is -2.28. The van der Waals surface area contributed by atoms with E-state index in [4.69, 9.17) is 4.74 Å². The minimum absolute atomic E-state index is 0.152. The fraction of sp³-hybridized carbons (Fsp3) is 0.312. The van der Waals surface area contributed by atoms with E-state index in [0.29, 0.717) is 12.2 Å². The monoisotopic (exact) mass is 335 g/mol. The van der Waals surface area contributed by atoms with Crippen LogP contribution in [-0.2, 0) is 14.3 Å². The van der Waals surface area contributed by atoms with E-state index >= 15 is 0 Å². The Morgan fingerprint density at radius 1 is 1.26 bits per heavy atom. The fourth-order valence-corrected chi connectivity index (χ4v) is 2.77. The number of nitrogens with one attached hydrogen (secondary N) is 1. The molecule has 1 unspecified atom stereocenters. The lowest BCUT2D eigenvalue weighted by Gasteiger charge is -2.23. The van der Waals surface area contributed by atoms with Crippen molar-refractivity contribution in [1.82, 2.24) is 5.32 Å². The maximum Gasteiger partial charge on any atom is 0.328 e. The zero-order valence-corrected chi connectivity index (χ0v) is 13.6. The van der Waals surface area contributed by atoms with Gasteiger partial charge < -0.3 is 15.2 Å². The topological polar surface area (TPSA) is 92.7 Å². The molecule has 1 atom stereocenters. The van der Waals surface area contributed by atoms with E-state index in [1.54, 1.807) is 18.2 Å². The number of aliphatic hydroxyl groups excluding tert-OH is 1. The van der Waals surface area contributed by atoms with Crippen molar-refractivity contribution in [1.29, 1.82) is 0 Å². The highest BCUT2D eigenvalue weighted by molar-refractivity contribution is 7.98. The molecular formula is C16H17NO5S. The van der Waals surface area contributed by atoms with Gasteiger partial charge in [-0.05, 0) is 18.4 Å². The lowest BCUT2D eigenvalue weighted by Crippen LogP contribution is -2.42. The third-order valence-electron chi connectivity index (χ3n) is 3.51. The highest BCUT2D eigenvalue weighted by atomic mass is 32.2. The third-order valence-corrected chi connectivity index (χ3v) is 4.16. The van der Waals surface area contributed by atoms with Gasteiger partial charge in [0.2, 0.25) is 5.78 Å². The Kier molecular flexibility index (Phi) is 5.44. The van der Waals surface area contributed by atoms with Crippen molar-refractivity contribution in [3.8, 4) is 0 Å². The molecule has 2 N–H and O–H groups in total. The fourth-order valence-electron chi connectivity index (χ4n) is 2.30. The highest BCUT2D eigenvalue weighted by Gasteiger charge is 2.35. The van der Waals surface area contributed by atoms with E-state index in [9.17, 15) is 19.5 Å². The van der Waals surface area contributed by atoms with Crippen LogP contribution in [0.15, 0.2) is 30.0 Å². The molecule has 1 aliphatic rings. The number of hydrogen-bond donors (Lipinski definition) is 2. The van der Waals surface area contributed by atoms with Gasteiger partial charge in [0, 0.05) is 11.1 Å². The smallest absolute Gasteiger partial charge is 0.328 e. The van der Waals surface area contributed by atoms with E-state index in [1.165, 1.54) is 24.9 Å². The summed E-state index contributed by atoms with van der Waals surface area (Å²) in [6, 6.07) is 5.48. The molecule has 7 heteroatoms. The highest BCUT2D eigenvalue weighted by Crippen LogP contribution is 2.26. The molecule has 0 radical (unpaired) electrons. The van der Waals surface area contributed by atoms with Crippen molar-refractivity contribution in [2.75, 3.05) is 19.1 Å². The van der Waals surface area contributed by atoms with Crippen LogP contribution in [-0.4, -0.2) is 47.8 Å². The molecule has 0 heterocycles. The number of fused-ring (bicyclic) bond motifs is 1. The summed E-state index contributed by atoms with van der Waals surface area (Å²) < 4.78 is 4.71. The summed E-state index contributed by atoms with van der Waals surface area (Å²) in [4.78, 5) is 36.2. The lowest BCUT2D eigenvalue weighted by atomic mass is 9.91. The van der Waals surface area contributed by atoms with E-state index in [-0.39, 0.29) is 22.6 Å². The van der Waals surface area contributed by atoms with Crippen LogP contribution < -0.4 is 5.32 Å². The van der Waals surface area contributed by atoms with Gasteiger partial charge in [-0.25, -0.2) is 4.79 Å². The van der Waals surface area contributed by atoms with E-state index in [0.717, 1.165) is 0 Å². The number of carbonyl (C=O) groups is 3. The molecule has 1 aromatic rings. The standard InChI is InChI=1S/C16H17NO5S/c1-22-16(21)11(7-8-23-2)17-12-13(18)9-5-3-4-6-10(9)14(19)15(12)20/h3-6,11,17-18H,7-8H2,1-2H3. The number of benzene rings is 1. The maximum atomic E-state index is 12.2. The summed E-state index contributed by atoms with van der Waals surface area (Å²) in [6.45, 7) is 0. The van der Waals surface area contributed by atoms with Crippen LogP contribution in [0.4, 0.5) is 0 Å². The van der Waals surface area contributed by atoms with Crippen molar-refractivity contribution in [3.05, 3.63) is 41.1 Å². The molecule has 2 rings (SSSR count). The molecule has 122 valence electrons. The number of carbonyl (C=O) groups excluding carboxylic acids is 3. The number of hydrogen-bond acceptors (Lipinski definition) is 7. The number of esters is 1. The maximum absolute atomic E-state index is 12.2. The molecule has 1 aromatic carbocycles. The molecule has 0 saturated carbocycles. The summed E-state index contributed by atoms with van der Waals surface area (Å²) in [7, 11) is 1.24. The van der Waals surface area contributed by atoms with Crippen LogP contribution in [0.5, 0.6) is 0 Å². The SMILES string of the molecule is COC(=O)C(CCSC)NC1=C(O)c2ccccc2C(=O)C1=O. The molecule has 0 saturated heterocycles.